The molecule has 110 valence electrons. The van der Waals surface area contributed by atoms with Gasteiger partial charge in [0.25, 0.3) is 0 Å². The summed E-state index contributed by atoms with van der Waals surface area (Å²) in [4.78, 5) is 2.60. The van der Waals surface area contributed by atoms with Crippen LogP contribution in [0.5, 0.6) is 0 Å². The number of rotatable bonds is 3. The molecule has 0 radical (unpaired) electrons. The van der Waals surface area contributed by atoms with Crippen molar-refractivity contribution in [1.29, 1.82) is 0 Å². The van der Waals surface area contributed by atoms with Crippen LogP contribution < -0.4 is 5.32 Å². The minimum Gasteiger partial charge on any atom is -0.306 e. The normalized spacial score (nSPS) is 28.4. The molecule has 2 heterocycles. The molecule has 0 bridgehead atoms. The second kappa shape index (κ2) is 6.12. The summed E-state index contributed by atoms with van der Waals surface area (Å²) >= 11 is 3.31. The Balaban J connectivity index is 1.68. The minimum absolute atomic E-state index is 0.0648. The van der Waals surface area contributed by atoms with Gasteiger partial charge < -0.3 is 5.32 Å². The van der Waals surface area contributed by atoms with Gasteiger partial charge in [0.15, 0.2) is 0 Å². The summed E-state index contributed by atoms with van der Waals surface area (Å²) in [6.07, 6.45) is 5.14. The molecule has 0 saturated carbocycles. The molecular formula is C16H22BrFN2. The van der Waals surface area contributed by atoms with E-state index in [-0.39, 0.29) is 11.9 Å². The maximum atomic E-state index is 14.0. The molecule has 0 amide bonds. The van der Waals surface area contributed by atoms with E-state index in [1.807, 2.05) is 12.1 Å². The van der Waals surface area contributed by atoms with Gasteiger partial charge in [0.2, 0.25) is 0 Å². The highest BCUT2D eigenvalue weighted by atomic mass is 79.9. The van der Waals surface area contributed by atoms with Crippen molar-refractivity contribution in [3.63, 3.8) is 0 Å². The summed E-state index contributed by atoms with van der Waals surface area (Å²) in [6, 6.07) is 6.57. The number of fused-ring (bicyclic) bond motifs is 1. The van der Waals surface area contributed by atoms with Crippen LogP contribution in [0.1, 0.15) is 44.2 Å². The van der Waals surface area contributed by atoms with Crippen molar-refractivity contribution in [2.24, 2.45) is 0 Å². The summed E-state index contributed by atoms with van der Waals surface area (Å²) in [5.41, 5.74) is 0.766. The third-order valence-electron chi connectivity index (χ3n) is 4.75. The molecule has 4 heteroatoms. The molecule has 0 spiro atoms. The quantitative estimate of drug-likeness (QED) is 0.898. The van der Waals surface area contributed by atoms with Gasteiger partial charge in [-0.1, -0.05) is 28.4 Å². The lowest BCUT2D eigenvalue weighted by molar-refractivity contribution is 0.177. The standard InChI is InChI=1S/C16H22BrFN2/c1-11(13-6-5-12(17)10-14(13)18)19-15-7-9-20-8-3-2-4-16(15)20/h5-6,10-11,15-16,19H,2-4,7-9H2,1H3. The lowest BCUT2D eigenvalue weighted by Gasteiger charge is -2.34. The van der Waals surface area contributed by atoms with Gasteiger partial charge in [0, 0.05) is 34.7 Å². The number of nitrogens with zero attached hydrogens (tertiary/aromatic N) is 1. The molecule has 1 aromatic rings. The smallest absolute Gasteiger partial charge is 0.129 e. The zero-order valence-corrected chi connectivity index (χ0v) is 13.5. The number of piperidine rings is 1. The maximum Gasteiger partial charge on any atom is 0.129 e. The Morgan fingerprint density at radius 3 is 2.95 bits per heavy atom. The Morgan fingerprint density at radius 2 is 2.15 bits per heavy atom. The number of nitrogens with one attached hydrogen (secondary N) is 1. The van der Waals surface area contributed by atoms with E-state index < -0.39 is 0 Å². The van der Waals surface area contributed by atoms with Crippen LogP contribution in [-0.4, -0.2) is 30.1 Å². The van der Waals surface area contributed by atoms with Gasteiger partial charge in [0.1, 0.15) is 5.82 Å². The van der Waals surface area contributed by atoms with Gasteiger partial charge >= 0.3 is 0 Å². The van der Waals surface area contributed by atoms with Crippen LogP contribution >= 0.6 is 15.9 Å². The van der Waals surface area contributed by atoms with Crippen LogP contribution in [0.25, 0.3) is 0 Å². The molecule has 2 aliphatic heterocycles. The molecule has 3 rings (SSSR count). The molecule has 2 fully saturated rings. The van der Waals surface area contributed by atoms with Crippen molar-refractivity contribution < 1.29 is 4.39 Å². The van der Waals surface area contributed by atoms with Crippen LogP contribution in [0.3, 0.4) is 0 Å². The predicted octanol–water partition coefficient (Wildman–Crippen LogP) is 3.87. The monoisotopic (exact) mass is 340 g/mol. The first-order chi connectivity index (χ1) is 9.65. The Hall–Kier alpha value is -0.450. The molecule has 20 heavy (non-hydrogen) atoms. The van der Waals surface area contributed by atoms with Crippen molar-refractivity contribution in [1.82, 2.24) is 10.2 Å². The molecule has 3 unspecified atom stereocenters. The fraction of sp³-hybridized carbons (Fsp3) is 0.625. The SMILES string of the molecule is CC(NC1CCN2CCCCC12)c1ccc(Br)cc1F. The first-order valence-corrected chi connectivity index (χ1v) is 8.39. The fourth-order valence-electron chi connectivity index (χ4n) is 3.71. The average molecular weight is 341 g/mol. The first-order valence-electron chi connectivity index (χ1n) is 7.60. The Kier molecular flexibility index (Phi) is 4.43. The second-order valence-electron chi connectivity index (χ2n) is 6.05. The molecule has 2 aliphatic rings. The van der Waals surface area contributed by atoms with Gasteiger partial charge in [0.05, 0.1) is 0 Å². The second-order valence-corrected chi connectivity index (χ2v) is 6.96. The average Bonchev–Trinajstić information content (AvgIpc) is 2.82. The summed E-state index contributed by atoms with van der Waals surface area (Å²) in [6.45, 7) is 4.50. The van der Waals surface area contributed by atoms with E-state index in [0.29, 0.717) is 12.1 Å². The van der Waals surface area contributed by atoms with Crippen molar-refractivity contribution in [2.45, 2.75) is 50.7 Å². The zero-order chi connectivity index (χ0) is 14.1. The molecule has 0 aromatic heterocycles. The highest BCUT2D eigenvalue weighted by Gasteiger charge is 2.36. The van der Waals surface area contributed by atoms with Crippen molar-refractivity contribution in [2.75, 3.05) is 13.1 Å². The topological polar surface area (TPSA) is 15.3 Å². The highest BCUT2D eigenvalue weighted by molar-refractivity contribution is 9.10. The number of benzene rings is 1. The summed E-state index contributed by atoms with van der Waals surface area (Å²) in [5.74, 6) is -0.127. The Labute approximate surface area is 128 Å². The van der Waals surface area contributed by atoms with Crippen LogP contribution in [0.15, 0.2) is 22.7 Å². The number of halogens is 2. The van der Waals surface area contributed by atoms with Crippen molar-refractivity contribution >= 4 is 15.9 Å². The molecule has 1 aromatic carbocycles. The van der Waals surface area contributed by atoms with Gasteiger partial charge in [-0.05, 0) is 44.9 Å². The van der Waals surface area contributed by atoms with E-state index in [1.165, 1.54) is 38.8 Å². The molecule has 2 nitrogen and oxygen atoms in total. The summed E-state index contributed by atoms with van der Waals surface area (Å²) in [7, 11) is 0. The van der Waals surface area contributed by atoms with E-state index in [9.17, 15) is 4.39 Å². The van der Waals surface area contributed by atoms with E-state index in [1.54, 1.807) is 6.07 Å². The molecule has 3 atom stereocenters. The van der Waals surface area contributed by atoms with E-state index in [4.69, 9.17) is 0 Å². The minimum atomic E-state index is -0.127. The lowest BCUT2D eigenvalue weighted by Crippen LogP contribution is -2.45. The molecular weight excluding hydrogens is 319 g/mol. The highest BCUT2D eigenvalue weighted by Crippen LogP contribution is 2.29. The van der Waals surface area contributed by atoms with Crippen LogP contribution in [0.4, 0.5) is 4.39 Å². The van der Waals surface area contributed by atoms with E-state index in [2.05, 4.69) is 33.1 Å². The Morgan fingerprint density at radius 1 is 1.30 bits per heavy atom. The fourth-order valence-corrected chi connectivity index (χ4v) is 4.04. The predicted molar refractivity (Wildman–Crippen MR) is 83.3 cm³/mol. The Bertz CT molecular complexity index is 480. The van der Waals surface area contributed by atoms with Gasteiger partial charge in [-0.3, -0.25) is 4.90 Å². The number of hydrogen-bond acceptors (Lipinski definition) is 2. The van der Waals surface area contributed by atoms with Gasteiger partial charge in [-0.2, -0.15) is 0 Å². The molecule has 0 aliphatic carbocycles. The van der Waals surface area contributed by atoms with Crippen LogP contribution in [0, 0.1) is 5.82 Å². The third-order valence-corrected chi connectivity index (χ3v) is 5.24. The van der Waals surface area contributed by atoms with Crippen molar-refractivity contribution in [3.8, 4) is 0 Å². The maximum absolute atomic E-state index is 14.0. The third kappa shape index (κ3) is 2.92. The zero-order valence-electron chi connectivity index (χ0n) is 11.9. The van der Waals surface area contributed by atoms with E-state index in [0.717, 1.165) is 10.0 Å². The lowest BCUT2D eigenvalue weighted by atomic mass is 9.97. The largest absolute Gasteiger partial charge is 0.306 e. The number of hydrogen-bond donors (Lipinski definition) is 1. The summed E-state index contributed by atoms with van der Waals surface area (Å²) in [5, 5.41) is 3.66. The van der Waals surface area contributed by atoms with Crippen LogP contribution in [0.2, 0.25) is 0 Å². The van der Waals surface area contributed by atoms with E-state index >= 15 is 0 Å². The molecule has 2 saturated heterocycles. The first kappa shape index (κ1) is 14.5. The van der Waals surface area contributed by atoms with Gasteiger partial charge in [-0.15, -0.1) is 0 Å². The van der Waals surface area contributed by atoms with Crippen LogP contribution in [-0.2, 0) is 0 Å². The van der Waals surface area contributed by atoms with Gasteiger partial charge in [-0.25, -0.2) is 4.39 Å². The molecule has 1 N–H and O–H groups in total. The summed E-state index contributed by atoms with van der Waals surface area (Å²) < 4.78 is 14.8. The van der Waals surface area contributed by atoms with Crippen molar-refractivity contribution in [3.05, 3.63) is 34.1 Å².